The number of hydrogen-bond donors (Lipinski definition) is 1. The van der Waals surface area contributed by atoms with Crippen LogP contribution in [0.5, 0.6) is 5.75 Å². The summed E-state index contributed by atoms with van der Waals surface area (Å²) in [5.74, 6) is 1.74. The number of methoxy groups -OCH3 is 1. The van der Waals surface area contributed by atoms with Crippen LogP contribution in [0.4, 0.5) is 0 Å². The molecule has 0 saturated carbocycles. The zero-order valence-corrected chi connectivity index (χ0v) is 12.4. The van der Waals surface area contributed by atoms with Gasteiger partial charge in [0.25, 0.3) is 0 Å². The lowest BCUT2D eigenvalue weighted by Gasteiger charge is -2.37. The summed E-state index contributed by atoms with van der Waals surface area (Å²) in [5.41, 5.74) is 1.35. The van der Waals surface area contributed by atoms with Crippen molar-refractivity contribution in [3.05, 3.63) is 29.8 Å². The summed E-state index contributed by atoms with van der Waals surface area (Å²) in [6.07, 6.45) is 2.66. The van der Waals surface area contributed by atoms with Gasteiger partial charge in [-0.1, -0.05) is 12.1 Å². The van der Waals surface area contributed by atoms with E-state index in [1.807, 2.05) is 13.1 Å². The lowest BCUT2D eigenvalue weighted by Crippen LogP contribution is -2.40. The van der Waals surface area contributed by atoms with Crippen molar-refractivity contribution in [3.63, 3.8) is 0 Å². The van der Waals surface area contributed by atoms with Crippen LogP contribution in [0.2, 0.25) is 0 Å². The highest BCUT2D eigenvalue weighted by Gasteiger charge is 2.23. The Hall–Kier alpha value is -1.06. The summed E-state index contributed by atoms with van der Waals surface area (Å²) in [6, 6.07) is 8.92. The first-order valence-electron chi connectivity index (χ1n) is 7.27. The van der Waals surface area contributed by atoms with Crippen LogP contribution in [0.25, 0.3) is 0 Å². The zero-order valence-electron chi connectivity index (χ0n) is 12.4. The van der Waals surface area contributed by atoms with Crippen molar-refractivity contribution in [1.82, 2.24) is 10.2 Å². The topological polar surface area (TPSA) is 24.5 Å². The van der Waals surface area contributed by atoms with E-state index in [1.165, 1.54) is 31.5 Å². The molecule has 1 saturated heterocycles. The van der Waals surface area contributed by atoms with Gasteiger partial charge in [0.05, 0.1) is 7.11 Å². The fourth-order valence-electron chi connectivity index (χ4n) is 3.02. The predicted octanol–water partition coefficient (Wildman–Crippen LogP) is 2.69. The van der Waals surface area contributed by atoms with E-state index >= 15 is 0 Å². The molecule has 1 heterocycles. The highest BCUT2D eigenvalue weighted by atomic mass is 16.5. The molecule has 19 heavy (non-hydrogen) atoms. The summed E-state index contributed by atoms with van der Waals surface area (Å²) in [5, 5.41) is 3.31. The second kappa shape index (κ2) is 6.92. The van der Waals surface area contributed by atoms with Gasteiger partial charge in [0, 0.05) is 12.6 Å². The Labute approximate surface area is 116 Å². The molecule has 0 amide bonds. The number of nitrogens with zero attached hydrogens (tertiary/aromatic N) is 1. The molecule has 3 heteroatoms. The minimum atomic E-state index is 0.467. The maximum absolute atomic E-state index is 5.32. The molecule has 3 nitrogen and oxygen atoms in total. The van der Waals surface area contributed by atoms with Crippen molar-refractivity contribution in [3.8, 4) is 5.75 Å². The van der Waals surface area contributed by atoms with Crippen molar-refractivity contribution >= 4 is 0 Å². The van der Waals surface area contributed by atoms with Gasteiger partial charge in [-0.25, -0.2) is 0 Å². The second-order valence-corrected chi connectivity index (χ2v) is 5.51. The normalized spacial score (nSPS) is 22.2. The van der Waals surface area contributed by atoms with Gasteiger partial charge in [0.15, 0.2) is 0 Å². The summed E-state index contributed by atoms with van der Waals surface area (Å²) < 4.78 is 5.32. The molecule has 106 valence electrons. The standard InChI is InChI=1S/C16H26N2O/c1-13(15-7-4-8-16(10-15)19-3)18-9-5-6-14(12-18)11-17-2/h4,7-8,10,13-14,17H,5-6,9,11-12H2,1-3H3/t13-,14+/m1/s1. The van der Waals surface area contributed by atoms with Crippen LogP contribution < -0.4 is 10.1 Å². The van der Waals surface area contributed by atoms with E-state index in [2.05, 4.69) is 35.3 Å². The Morgan fingerprint density at radius 3 is 3.05 bits per heavy atom. The highest BCUT2D eigenvalue weighted by Crippen LogP contribution is 2.28. The van der Waals surface area contributed by atoms with E-state index in [0.29, 0.717) is 6.04 Å². The highest BCUT2D eigenvalue weighted by molar-refractivity contribution is 5.30. The molecule has 0 unspecified atom stereocenters. The minimum absolute atomic E-state index is 0.467. The fraction of sp³-hybridized carbons (Fsp3) is 0.625. The maximum atomic E-state index is 5.32. The molecule has 0 aliphatic carbocycles. The van der Waals surface area contributed by atoms with Crippen LogP contribution in [0.1, 0.15) is 31.4 Å². The third-order valence-corrected chi connectivity index (χ3v) is 4.17. The van der Waals surface area contributed by atoms with Crippen LogP contribution in [-0.4, -0.2) is 38.7 Å². The first kappa shape index (κ1) is 14.4. The number of nitrogens with one attached hydrogen (secondary N) is 1. The van der Waals surface area contributed by atoms with Gasteiger partial charge >= 0.3 is 0 Å². The monoisotopic (exact) mass is 262 g/mol. The first-order valence-corrected chi connectivity index (χ1v) is 7.27. The number of piperidine rings is 1. The van der Waals surface area contributed by atoms with E-state index in [1.54, 1.807) is 7.11 Å². The largest absolute Gasteiger partial charge is 0.497 e. The quantitative estimate of drug-likeness (QED) is 0.883. The molecule has 0 radical (unpaired) electrons. The molecule has 0 spiro atoms. The predicted molar refractivity (Wildman–Crippen MR) is 79.6 cm³/mol. The second-order valence-electron chi connectivity index (χ2n) is 5.51. The number of benzene rings is 1. The Morgan fingerprint density at radius 2 is 2.32 bits per heavy atom. The van der Waals surface area contributed by atoms with E-state index in [9.17, 15) is 0 Å². The van der Waals surface area contributed by atoms with Crippen molar-refractivity contribution in [2.24, 2.45) is 5.92 Å². The van der Waals surface area contributed by atoms with Crippen molar-refractivity contribution < 1.29 is 4.74 Å². The Bertz CT molecular complexity index is 392. The van der Waals surface area contributed by atoms with Gasteiger partial charge in [-0.05, 0) is 63.5 Å². The molecule has 0 aromatic heterocycles. The van der Waals surface area contributed by atoms with Crippen LogP contribution in [0.3, 0.4) is 0 Å². The van der Waals surface area contributed by atoms with Crippen molar-refractivity contribution in [2.45, 2.75) is 25.8 Å². The third-order valence-electron chi connectivity index (χ3n) is 4.17. The summed E-state index contributed by atoms with van der Waals surface area (Å²) >= 11 is 0. The van der Waals surface area contributed by atoms with E-state index in [0.717, 1.165) is 18.2 Å². The molecule has 1 aliphatic rings. The van der Waals surface area contributed by atoms with Gasteiger partial charge in [0.2, 0.25) is 0 Å². The summed E-state index contributed by atoms with van der Waals surface area (Å²) in [7, 11) is 3.78. The molecule has 1 aromatic carbocycles. The number of rotatable bonds is 5. The summed E-state index contributed by atoms with van der Waals surface area (Å²) in [6.45, 7) is 5.83. The van der Waals surface area contributed by atoms with E-state index in [-0.39, 0.29) is 0 Å². The molecule has 2 rings (SSSR count). The number of hydrogen-bond acceptors (Lipinski definition) is 3. The van der Waals surface area contributed by atoms with Gasteiger partial charge in [0.1, 0.15) is 5.75 Å². The molecule has 1 fully saturated rings. The van der Waals surface area contributed by atoms with Crippen LogP contribution >= 0.6 is 0 Å². The molecule has 0 bridgehead atoms. The van der Waals surface area contributed by atoms with Gasteiger partial charge in [-0.3, -0.25) is 4.90 Å². The van der Waals surface area contributed by atoms with Crippen molar-refractivity contribution in [2.75, 3.05) is 33.8 Å². The SMILES string of the molecule is CNC[C@@H]1CCCN([C@H](C)c2cccc(OC)c2)C1. The smallest absolute Gasteiger partial charge is 0.119 e. The van der Waals surface area contributed by atoms with Gasteiger partial charge in [-0.15, -0.1) is 0 Å². The zero-order chi connectivity index (χ0) is 13.7. The Balaban J connectivity index is 2.03. The van der Waals surface area contributed by atoms with Crippen molar-refractivity contribution in [1.29, 1.82) is 0 Å². The maximum Gasteiger partial charge on any atom is 0.119 e. The number of likely N-dealkylation sites (tertiary alicyclic amines) is 1. The Kier molecular flexibility index (Phi) is 5.23. The Morgan fingerprint density at radius 1 is 1.47 bits per heavy atom. The number of ether oxygens (including phenoxy) is 1. The fourth-order valence-corrected chi connectivity index (χ4v) is 3.02. The average molecular weight is 262 g/mol. The molecule has 1 aromatic rings. The molecule has 2 atom stereocenters. The van der Waals surface area contributed by atoms with Gasteiger partial charge < -0.3 is 10.1 Å². The molecular formula is C16H26N2O. The lowest BCUT2D eigenvalue weighted by atomic mass is 9.95. The molecule has 1 N–H and O–H groups in total. The molecule has 1 aliphatic heterocycles. The third kappa shape index (κ3) is 3.71. The minimum Gasteiger partial charge on any atom is -0.497 e. The average Bonchev–Trinajstić information content (AvgIpc) is 2.47. The van der Waals surface area contributed by atoms with E-state index < -0.39 is 0 Å². The van der Waals surface area contributed by atoms with Crippen LogP contribution in [-0.2, 0) is 0 Å². The lowest BCUT2D eigenvalue weighted by molar-refractivity contribution is 0.131. The van der Waals surface area contributed by atoms with Gasteiger partial charge in [-0.2, -0.15) is 0 Å². The van der Waals surface area contributed by atoms with Crippen LogP contribution in [0, 0.1) is 5.92 Å². The molecular weight excluding hydrogens is 236 g/mol. The first-order chi connectivity index (χ1) is 9.24. The van der Waals surface area contributed by atoms with E-state index in [4.69, 9.17) is 4.74 Å². The summed E-state index contributed by atoms with van der Waals surface area (Å²) in [4.78, 5) is 2.60. The van der Waals surface area contributed by atoms with Crippen LogP contribution in [0.15, 0.2) is 24.3 Å².